The number of esters is 1. The van der Waals surface area contributed by atoms with Crippen LogP contribution in [0.5, 0.6) is 11.5 Å². The van der Waals surface area contributed by atoms with Crippen LogP contribution in [0.3, 0.4) is 0 Å². The molecule has 2 aromatic rings. The Morgan fingerprint density at radius 3 is 2.53 bits per heavy atom. The third-order valence-electron chi connectivity index (χ3n) is 3.80. The van der Waals surface area contributed by atoms with Crippen molar-refractivity contribution in [3.63, 3.8) is 0 Å². The summed E-state index contributed by atoms with van der Waals surface area (Å²) in [6.45, 7) is 3.51. The summed E-state index contributed by atoms with van der Waals surface area (Å²) in [6, 6.07) is 6.91. The van der Waals surface area contributed by atoms with E-state index in [-0.39, 0.29) is 41.9 Å². The largest absolute Gasteiger partial charge is 0.490 e. The zero-order chi connectivity index (χ0) is 23.7. The minimum Gasteiger partial charge on any atom is -0.490 e. The summed E-state index contributed by atoms with van der Waals surface area (Å²) in [5.74, 6) is -1.03. The highest BCUT2D eigenvalue weighted by atomic mass is 35.5. The number of halogens is 4. The molecule has 0 atom stereocenters. The molecule has 2 aromatic carbocycles. The van der Waals surface area contributed by atoms with E-state index in [0.717, 1.165) is 18.2 Å². The zero-order valence-electron chi connectivity index (χ0n) is 17.2. The normalized spacial score (nSPS) is 11.3. The second-order valence-corrected chi connectivity index (χ2v) is 6.54. The first-order valence-electron chi connectivity index (χ1n) is 9.41. The van der Waals surface area contributed by atoms with Crippen molar-refractivity contribution < 1.29 is 37.0 Å². The van der Waals surface area contributed by atoms with Crippen LogP contribution in [0.25, 0.3) is 0 Å². The lowest BCUT2D eigenvalue weighted by molar-refractivity contribution is -0.145. The maximum atomic E-state index is 12.8. The van der Waals surface area contributed by atoms with Crippen molar-refractivity contribution in [3.05, 3.63) is 58.1 Å². The number of hydrogen-bond donors (Lipinski definition) is 1. The molecule has 0 spiro atoms. The van der Waals surface area contributed by atoms with Crippen molar-refractivity contribution >= 4 is 29.7 Å². The lowest BCUT2D eigenvalue weighted by Crippen LogP contribution is -2.18. The molecule has 0 saturated heterocycles. The number of carbonyl (C=O) groups excluding carboxylic acids is 2. The molecule has 1 amide bonds. The van der Waals surface area contributed by atoms with Gasteiger partial charge in [0.25, 0.3) is 5.91 Å². The minimum absolute atomic E-state index is 0.117. The molecule has 0 unspecified atom stereocenters. The lowest BCUT2D eigenvalue weighted by Gasteiger charge is -2.14. The average Bonchev–Trinajstić information content (AvgIpc) is 2.73. The first-order valence-corrected chi connectivity index (χ1v) is 9.78. The monoisotopic (exact) mass is 472 g/mol. The maximum absolute atomic E-state index is 12.8. The Labute approximate surface area is 187 Å². The fourth-order valence-electron chi connectivity index (χ4n) is 2.47. The SMILES string of the molecule is CCOC(=O)COc1c(Cl)cc(/C=N\NC(=O)c2cccc(C(F)(F)F)c2)cc1OCC. The second-order valence-electron chi connectivity index (χ2n) is 6.13. The van der Waals surface area contributed by atoms with E-state index >= 15 is 0 Å². The van der Waals surface area contributed by atoms with Gasteiger partial charge in [-0.1, -0.05) is 17.7 Å². The van der Waals surface area contributed by atoms with Crippen molar-refractivity contribution in [3.8, 4) is 11.5 Å². The summed E-state index contributed by atoms with van der Waals surface area (Å²) < 4.78 is 54.0. The number of amides is 1. The molecule has 2 rings (SSSR count). The summed E-state index contributed by atoms with van der Waals surface area (Å²) in [5.41, 5.74) is 1.42. The molecule has 0 aliphatic carbocycles. The maximum Gasteiger partial charge on any atom is 0.416 e. The minimum atomic E-state index is -4.57. The first-order chi connectivity index (χ1) is 15.2. The van der Waals surface area contributed by atoms with E-state index in [0.29, 0.717) is 5.56 Å². The quantitative estimate of drug-likeness (QED) is 0.331. The van der Waals surface area contributed by atoms with Crippen LogP contribution in [-0.2, 0) is 15.7 Å². The molecule has 0 aliphatic heterocycles. The molecule has 7 nitrogen and oxygen atoms in total. The number of nitrogens with one attached hydrogen (secondary N) is 1. The highest BCUT2D eigenvalue weighted by molar-refractivity contribution is 6.32. The van der Waals surface area contributed by atoms with Gasteiger partial charge in [0.1, 0.15) is 0 Å². The van der Waals surface area contributed by atoms with Gasteiger partial charge in [-0.2, -0.15) is 18.3 Å². The number of hydrogen-bond acceptors (Lipinski definition) is 6. The third kappa shape index (κ3) is 7.16. The number of ether oxygens (including phenoxy) is 3. The fraction of sp³-hybridized carbons (Fsp3) is 0.286. The van der Waals surface area contributed by atoms with Crippen molar-refractivity contribution in [1.82, 2.24) is 5.43 Å². The van der Waals surface area contributed by atoms with Crippen molar-refractivity contribution in [2.45, 2.75) is 20.0 Å². The Morgan fingerprint density at radius 1 is 1.12 bits per heavy atom. The van der Waals surface area contributed by atoms with Gasteiger partial charge in [0, 0.05) is 5.56 Å². The van der Waals surface area contributed by atoms with E-state index in [2.05, 4.69) is 10.5 Å². The van der Waals surface area contributed by atoms with Gasteiger partial charge in [0.05, 0.1) is 30.0 Å². The first kappa shape index (κ1) is 25.0. The van der Waals surface area contributed by atoms with Crippen LogP contribution in [0.1, 0.15) is 35.3 Å². The van der Waals surface area contributed by atoms with Gasteiger partial charge in [0.2, 0.25) is 0 Å². The van der Waals surface area contributed by atoms with Crippen molar-refractivity contribution in [2.75, 3.05) is 19.8 Å². The number of alkyl halides is 3. The van der Waals surface area contributed by atoms with Crippen LogP contribution in [0.2, 0.25) is 5.02 Å². The van der Waals surface area contributed by atoms with Crippen LogP contribution in [0.4, 0.5) is 13.2 Å². The number of nitrogens with zero attached hydrogens (tertiary/aromatic N) is 1. The second kappa shape index (κ2) is 11.4. The van der Waals surface area contributed by atoms with E-state index in [1.807, 2.05) is 0 Å². The summed E-state index contributed by atoms with van der Waals surface area (Å²) in [5, 5.41) is 3.86. The molecule has 0 fully saturated rings. The molecular formula is C21H20ClF3N2O5. The molecule has 0 aliphatic rings. The van der Waals surface area contributed by atoms with Gasteiger partial charge in [-0.25, -0.2) is 10.2 Å². The smallest absolute Gasteiger partial charge is 0.416 e. The van der Waals surface area contributed by atoms with Crippen LogP contribution >= 0.6 is 11.6 Å². The highest BCUT2D eigenvalue weighted by Crippen LogP contribution is 2.36. The molecule has 0 bridgehead atoms. The van der Waals surface area contributed by atoms with Gasteiger partial charge in [-0.3, -0.25) is 4.79 Å². The van der Waals surface area contributed by atoms with Crippen molar-refractivity contribution in [1.29, 1.82) is 0 Å². The topological polar surface area (TPSA) is 86.2 Å². The number of carbonyl (C=O) groups is 2. The van der Waals surface area contributed by atoms with Crippen LogP contribution in [-0.4, -0.2) is 37.9 Å². The van der Waals surface area contributed by atoms with Crippen molar-refractivity contribution in [2.24, 2.45) is 5.10 Å². The summed E-state index contributed by atoms with van der Waals surface area (Å²) in [4.78, 5) is 23.6. The Bertz CT molecular complexity index is 996. The Morgan fingerprint density at radius 2 is 1.88 bits per heavy atom. The molecular weight excluding hydrogens is 453 g/mol. The number of rotatable bonds is 9. The predicted octanol–water partition coefficient (Wildman–Crippen LogP) is 4.46. The molecule has 172 valence electrons. The Balaban J connectivity index is 2.13. The van der Waals surface area contributed by atoms with Gasteiger partial charge >= 0.3 is 12.1 Å². The van der Waals surface area contributed by atoms with Gasteiger partial charge in [0.15, 0.2) is 18.1 Å². The average molecular weight is 473 g/mol. The molecule has 1 N–H and O–H groups in total. The summed E-state index contributed by atoms with van der Waals surface area (Å²) in [7, 11) is 0. The van der Waals surface area contributed by atoms with E-state index in [1.165, 1.54) is 24.4 Å². The highest BCUT2D eigenvalue weighted by Gasteiger charge is 2.30. The van der Waals surface area contributed by atoms with E-state index in [9.17, 15) is 22.8 Å². The molecule has 0 heterocycles. The van der Waals surface area contributed by atoms with Gasteiger partial charge < -0.3 is 14.2 Å². The van der Waals surface area contributed by atoms with Crippen LogP contribution in [0, 0.1) is 0 Å². The molecule has 0 aromatic heterocycles. The molecule has 32 heavy (non-hydrogen) atoms. The van der Waals surface area contributed by atoms with E-state index < -0.39 is 23.6 Å². The zero-order valence-corrected chi connectivity index (χ0v) is 17.9. The summed E-state index contributed by atoms with van der Waals surface area (Å²) in [6.07, 6.45) is -3.34. The molecule has 0 radical (unpaired) electrons. The third-order valence-corrected chi connectivity index (χ3v) is 4.08. The molecule has 0 saturated carbocycles. The standard InChI is InChI=1S/C21H20ClF3N2O5/c1-3-30-17-9-13(8-16(22)19(17)32-12-18(28)31-4-2)11-26-27-20(29)14-6-5-7-15(10-14)21(23,24)25/h5-11H,3-4,12H2,1-2H3,(H,27,29)/b26-11-. The lowest BCUT2D eigenvalue weighted by atomic mass is 10.1. The Hall–Kier alpha value is -3.27. The number of hydrazone groups is 1. The molecule has 11 heteroatoms. The van der Waals surface area contributed by atoms with Gasteiger partial charge in [-0.15, -0.1) is 0 Å². The van der Waals surface area contributed by atoms with Crippen LogP contribution in [0.15, 0.2) is 41.5 Å². The Kier molecular flexibility index (Phi) is 8.89. The number of benzene rings is 2. The fourth-order valence-corrected chi connectivity index (χ4v) is 2.74. The van der Waals surface area contributed by atoms with Gasteiger partial charge in [-0.05, 0) is 49.7 Å². The van der Waals surface area contributed by atoms with E-state index in [4.69, 9.17) is 25.8 Å². The summed E-state index contributed by atoms with van der Waals surface area (Å²) >= 11 is 6.22. The predicted molar refractivity (Wildman–Crippen MR) is 111 cm³/mol. The van der Waals surface area contributed by atoms with Crippen LogP contribution < -0.4 is 14.9 Å². The van der Waals surface area contributed by atoms with E-state index in [1.54, 1.807) is 13.8 Å².